The highest BCUT2D eigenvalue weighted by Crippen LogP contribution is 2.27. The molecule has 1 atom stereocenters. The number of likely N-dealkylation sites (N-methyl/N-ethyl adjacent to an activating group) is 1. The number of rotatable bonds is 2. The zero-order valence-corrected chi connectivity index (χ0v) is 10.9. The minimum Gasteiger partial charge on any atom is -0.366 e. The van der Waals surface area contributed by atoms with E-state index < -0.39 is 0 Å². The lowest BCUT2D eigenvalue weighted by molar-refractivity contribution is 0.408. The highest BCUT2D eigenvalue weighted by molar-refractivity contribution is 6.05. The quantitative estimate of drug-likeness (QED) is 0.792. The molecule has 3 rings (SSSR count). The Kier molecular flexibility index (Phi) is 3.15. The summed E-state index contributed by atoms with van der Waals surface area (Å²) >= 11 is 0. The van der Waals surface area contributed by atoms with Crippen molar-refractivity contribution in [3.05, 3.63) is 84.2 Å². The highest BCUT2D eigenvalue weighted by atomic mass is 15.1. The molecule has 0 aromatic heterocycles. The molecule has 0 bridgehead atoms. The van der Waals surface area contributed by atoms with Gasteiger partial charge in [-0.2, -0.15) is 0 Å². The van der Waals surface area contributed by atoms with Gasteiger partial charge in [0.1, 0.15) is 0 Å². The van der Waals surface area contributed by atoms with Crippen molar-refractivity contribution in [1.29, 1.82) is 0 Å². The Morgan fingerprint density at radius 2 is 1.53 bits per heavy atom. The van der Waals surface area contributed by atoms with Gasteiger partial charge in [-0.1, -0.05) is 60.7 Å². The minimum absolute atomic E-state index is 0.175. The fourth-order valence-electron chi connectivity index (χ4n) is 2.44. The number of hydrogen-bond donors (Lipinski definition) is 0. The molecule has 2 aromatic rings. The molecule has 1 unspecified atom stereocenters. The van der Waals surface area contributed by atoms with E-state index in [0.717, 1.165) is 5.71 Å². The number of aliphatic imine (C=N–C) groups is 1. The van der Waals surface area contributed by atoms with E-state index in [0.29, 0.717) is 0 Å². The predicted molar refractivity (Wildman–Crippen MR) is 79.1 cm³/mol. The Morgan fingerprint density at radius 1 is 0.895 bits per heavy atom. The fourth-order valence-corrected chi connectivity index (χ4v) is 2.44. The van der Waals surface area contributed by atoms with Crippen LogP contribution in [0.15, 0.2) is 78.1 Å². The molecule has 1 aliphatic rings. The summed E-state index contributed by atoms with van der Waals surface area (Å²) in [6.45, 7) is 0. The van der Waals surface area contributed by atoms with Crippen LogP contribution in [0.3, 0.4) is 0 Å². The third kappa shape index (κ3) is 2.29. The van der Waals surface area contributed by atoms with Crippen molar-refractivity contribution in [2.75, 3.05) is 7.05 Å². The SMILES string of the molecule is CN1C=CN=C(c2ccccc2)C1c1ccccc1. The van der Waals surface area contributed by atoms with Crippen LogP contribution in [0.4, 0.5) is 0 Å². The van der Waals surface area contributed by atoms with E-state index in [9.17, 15) is 0 Å². The second-order valence-electron chi connectivity index (χ2n) is 4.66. The minimum atomic E-state index is 0.175. The molecule has 0 N–H and O–H groups in total. The van der Waals surface area contributed by atoms with Gasteiger partial charge in [0.2, 0.25) is 0 Å². The molecule has 19 heavy (non-hydrogen) atoms. The lowest BCUT2D eigenvalue weighted by atomic mass is 9.95. The van der Waals surface area contributed by atoms with Crippen LogP contribution in [-0.4, -0.2) is 17.7 Å². The van der Waals surface area contributed by atoms with Gasteiger partial charge in [0.05, 0.1) is 11.8 Å². The second-order valence-corrected chi connectivity index (χ2v) is 4.66. The Labute approximate surface area is 113 Å². The Morgan fingerprint density at radius 3 is 2.21 bits per heavy atom. The molecule has 0 amide bonds. The van der Waals surface area contributed by atoms with Gasteiger partial charge in [0, 0.05) is 19.4 Å². The molecule has 2 aromatic carbocycles. The fraction of sp³-hybridized carbons (Fsp3) is 0.118. The van der Waals surface area contributed by atoms with Crippen LogP contribution in [0, 0.1) is 0 Å². The summed E-state index contributed by atoms with van der Waals surface area (Å²) in [7, 11) is 2.09. The first-order valence-corrected chi connectivity index (χ1v) is 6.43. The van der Waals surface area contributed by atoms with Crippen molar-refractivity contribution in [2.24, 2.45) is 4.99 Å². The van der Waals surface area contributed by atoms with E-state index in [2.05, 4.69) is 65.5 Å². The van der Waals surface area contributed by atoms with E-state index in [1.807, 2.05) is 24.5 Å². The largest absolute Gasteiger partial charge is 0.366 e. The van der Waals surface area contributed by atoms with Crippen LogP contribution < -0.4 is 0 Å². The standard InChI is InChI=1S/C17H16N2/c1-19-13-12-18-16(14-8-4-2-5-9-14)17(19)15-10-6-3-7-11-15/h2-13,17H,1H3. The topological polar surface area (TPSA) is 15.6 Å². The molecule has 1 heterocycles. The Hall–Kier alpha value is -2.35. The number of hydrogen-bond acceptors (Lipinski definition) is 2. The van der Waals surface area contributed by atoms with Crippen LogP contribution in [-0.2, 0) is 0 Å². The van der Waals surface area contributed by atoms with Gasteiger partial charge in [-0.05, 0) is 11.1 Å². The highest BCUT2D eigenvalue weighted by Gasteiger charge is 2.24. The molecule has 2 heteroatoms. The second kappa shape index (κ2) is 5.11. The third-order valence-electron chi connectivity index (χ3n) is 3.37. The summed E-state index contributed by atoms with van der Waals surface area (Å²) in [5.74, 6) is 0. The van der Waals surface area contributed by atoms with Gasteiger partial charge in [-0.25, -0.2) is 0 Å². The van der Waals surface area contributed by atoms with E-state index in [4.69, 9.17) is 0 Å². The summed E-state index contributed by atoms with van der Waals surface area (Å²) in [6.07, 6.45) is 3.88. The van der Waals surface area contributed by atoms with Crippen molar-refractivity contribution in [2.45, 2.75) is 6.04 Å². The van der Waals surface area contributed by atoms with Crippen LogP contribution in [0.5, 0.6) is 0 Å². The zero-order chi connectivity index (χ0) is 13.1. The normalized spacial score (nSPS) is 18.3. The lowest BCUT2D eigenvalue weighted by Gasteiger charge is -2.31. The van der Waals surface area contributed by atoms with E-state index in [-0.39, 0.29) is 6.04 Å². The Balaban J connectivity index is 2.06. The first-order valence-electron chi connectivity index (χ1n) is 6.43. The smallest absolute Gasteiger partial charge is 0.0964 e. The molecule has 0 spiro atoms. The molecular formula is C17H16N2. The molecule has 0 radical (unpaired) electrons. The van der Waals surface area contributed by atoms with Gasteiger partial charge < -0.3 is 4.90 Å². The molecule has 94 valence electrons. The molecule has 2 nitrogen and oxygen atoms in total. The summed E-state index contributed by atoms with van der Waals surface area (Å²) in [6, 6.07) is 21.0. The van der Waals surface area contributed by atoms with Gasteiger partial charge in [0.25, 0.3) is 0 Å². The lowest BCUT2D eigenvalue weighted by Crippen LogP contribution is -2.29. The van der Waals surface area contributed by atoms with Crippen molar-refractivity contribution in [3.8, 4) is 0 Å². The van der Waals surface area contributed by atoms with E-state index in [1.54, 1.807) is 0 Å². The average Bonchev–Trinajstić information content (AvgIpc) is 2.49. The third-order valence-corrected chi connectivity index (χ3v) is 3.37. The van der Waals surface area contributed by atoms with Gasteiger partial charge in [-0.15, -0.1) is 0 Å². The van der Waals surface area contributed by atoms with Crippen molar-refractivity contribution in [3.63, 3.8) is 0 Å². The van der Waals surface area contributed by atoms with Crippen LogP contribution >= 0.6 is 0 Å². The zero-order valence-electron chi connectivity index (χ0n) is 10.9. The number of nitrogens with zero attached hydrogens (tertiary/aromatic N) is 2. The van der Waals surface area contributed by atoms with Crippen LogP contribution in [0.1, 0.15) is 17.2 Å². The average molecular weight is 248 g/mol. The summed E-state index contributed by atoms with van der Waals surface area (Å²) in [4.78, 5) is 6.80. The maximum Gasteiger partial charge on any atom is 0.0964 e. The Bertz CT molecular complexity index is 600. The van der Waals surface area contributed by atoms with E-state index in [1.165, 1.54) is 11.1 Å². The predicted octanol–water partition coefficient (Wildman–Crippen LogP) is 3.63. The van der Waals surface area contributed by atoms with Crippen molar-refractivity contribution in [1.82, 2.24) is 4.90 Å². The summed E-state index contributed by atoms with van der Waals surface area (Å²) in [5, 5.41) is 0. The van der Waals surface area contributed by atoms with Crippen molar-refractivity contribution < 1.29 is 0 Å². The van der Waals surface area contributed by atoms with Crippen LogP contribution in [0.25, 0.3) is 0 Å². The van der Waals surface area contributed by atoms with Gasteiger partial charge in [0.15, 0.2) is 0 Å². The van der Waals surface area contributed by atoms with Gasteiger partial charge >= 0.3 is 0 Å². The van der Waals surface area contributed by atoms with Gasteiger partial charge in [-0.3, -0.25) is 4.99 Å². The monoisotopic (exact) mass is 248 g/mol. The first kappa shape index (κ1) is 11.7. The maximum atomic E-state index is 4.60. The van der Waals surface area contributed by atoms with Crippen molar-refractivity contribution >= 4 is 5.71 Å². The molecule has 0 saturated carbocycles. The first-order chi connectivity index (χ1) is 9.36. The van der Waals surface area contributed by atoms with E-state index >= 15 is 0 Å². The number of benzene rings is 2. The summed E-state index contributed by atoms with van der Waals surface area (Å²) in [5.41, 5.74) is 3.53. The van der Waals surface area contributed by atoms with Crippen LogP contribution in [0.2, 0.25) is 0 Å². The molecule has 0 aliphatic carbocycles. The molecule has 0 saturated heterocycles. The maximum absolute atomic E-state index is 4.60. The molecule has 0 fully saturated rings. The molecular weight excluding hydrogens is 232 g/mol. The summed E-state index contributed by atoms with van der Waals surface area (Å²) < 4.78 is 0. The molecule has 1 aliphatic heterocycles.